The highest BCUT2D eigenvalue weighted by Crippen LogP contribution is 2.46. The fourth-order valence-electron chi connectivity index (χ4n) is 4.47. The van der Waals surface area contributed by atoms with E-state index in [1.54, 1.807) is 4.90 Å². The molecule has 0 aromatic heterocycles. The van der Waals surface area contributed by atoms with Gasteiger partial charge in [-0.1, -0.05) is 135 Å². The zero-order valence-corrected chi connectivity index (χ0v) is 22.9. The molecule has 0 atom stereocenters. The first kappa shape index (κ1) is 26.9. The Balaban J connectivity index is 1.73. The third kappa shape index (κ3) is 6.21. The summed E-state index contributed by atoms with van der Waals surface area (Å²) in [5, 5.41) is 2.73. The lowest BCUT2D eigenvalue weighted by Gasteiger charge is -2.30. The van der Waals surface area contributed by atoms with Gasteiger partial charge in [0.1, 0.15) is 0 Å². The summed E-state index contributed by atoms with van der Waals surface area (Å²) >= 11 is 0. The maximum absolute atomic E-state index is 14.7. The van der Waals surface area contributed by atoms with Crippen LogP contribution in [-0.4, -0.2) is 29.8 Å². The lowest BCUT2D eigenvalue weighted by Crippen LogP contribution is -2.39. The molecule has 0 aliphatic rings. The monoisotopic (exact) mass is 529 g/mol. The molecule has 0 saturated carbocycles. The van der Waals surface area contributed by atoms with Crippen molar-refractivity contribution >= 4 is 41.4 Å². The summed E-state index contributed by atoms with van der Waals surface area (Å²) in [4.78, 5) is 15.7. The van der Waals surface area contributed by atoms with Crippen molar-refractivity contribution in [2.24, 2.45) is 0 Å². The molecule has 0 bridgehead atoms. The molecule has 4 aromatic carbocycles. The zero-order chi connectivity index (χ0) is 26.1. The fraction of sp³-hybridized carbons (Fsp3) is 0.194. The van der Waals surface area contributed by atoms with E-state index in [9.17, 15) is 13.9 Å². The van der Waals surface area contributed by atoms with E-state index in [0.29, 0.717) is 27.8 Å². The van der Waals surface area contributed by atoms with E-state index < -0.39 is 14.3 Å². The van der Waals surface area contributed by atoms with Crippen molar-refractivity contribution in [1.82, 2.24) is 4.90 Å². The minimum absolute atomic E-state index is 0.0729. The minimum atomic E-state index is -3.26. The molecule has 0 N–H and O–H groups in total. The molecular weight excluding hydrogens is 496 g/mol. The summed E-state index contributed by atoms with van der Waals surface area (Å²) in [5.41, 5.74) is 0. The number of rotatable bonds is 11. The number of nitrogens with zero attached hydrogens (tertiary/aromatic N) is 1. The molecule has 4 aromatic rings. The molecule has 0 saturated heterocycles. The second-order valence-electron chi connectivity index (χ2n) is 9.13. The van der Waals surface area contributed by atoms with E-state index in [0.717, 1.165) is 12.8 Å². The number of hydrogen-bond donors (Lipinski definition) is 0. The fourth-order valence-corrected chi connectivity index (χ4v) is 9.74. The minimum Gasteiger partial charge on any atom is -0.334 e. The number of carbonyl (C=O) groups excluding carboxylic acids is 1. The summed E-state index contributed by atoms with van der Waals surface area (Å²) in [6.07, 6.45) is 1.59. The van der Waals surface area contributed by atoms with Crippen LogP contribution >= 0.6 is 14.3 Å². The molecule has 0 heterocycles. The van der Waals surface area contributed by atoms with Crippen LogP contribution in [-0.2, 0) is 13.9 Å². The molecule has 4 nitrogen and oxygen atoms in total. The van der Waals surface area contributed by atoms with E-state index in [-0.39, 0.29) is 18.4 Å². The molecule has 190 valence electrons. The average Bonchev–Trinajstić information content (AvgIpc) is 2.97. The lowest BCUT2D eigenvalue weighted by atomic mass is 10.3. The van der Waals surface area contributed by atoms with Gasteiger partial charge >= 0.3 is 0 Å². The normalized spacial score (nSPS) is 11.7. The van der Waals surface area contributed by atoms with Gasteiger partial charge in [-0.2, -0.15) is 0 Å². The quantitative estimate of drug-likeness (QED) is 0.238. The number of carbonyl (C=O) groups is 1. The standard InChI is InChI=1S/C31H33NO3P2/c1-2-3-24-32(26-37(35,29-20-12-6-13-21-29)30-22-14-7-15-23-30)31(33)25-36(34,27-16-8-4-9-17-27)28-18-10-5-11-19-28/h4-23H,2-3,24-26H2,1H3. The van der Waals surface area contributed by atoms with Crippen LogP contribution in [0.2, 0.25) is 0 Å². The van der Waals surface area contributed by atoms with Crippen LogP contribution in [0.15, 0.2) is 121 Å². The highest BCUT2D eigenvalue weighted by Gasteiger charge is 2.36. The number of hydrogen-bond acceptors (Lipinski definition) is 3. The van der Waals surface area contributed by atoms with Gasteiger partial charge in [-0.05, 0) is 6.42 Å². The van der Waals surface area contributed by atoms with Crippen molar-refractivity contribution in [2.45, 2.75) is 19.8 Å². The molecule has 37 heavy (non-hydrogen) atoms. The third-order valence-electron chi connectivity index (χ3n) is 6.56. The Morgan fingerprint density at radius 3 is 1.30 bits per heavy atom. The van der Waals surface area contributed by atoms with Gasteiger partial charge in [-0.25, -0.2) is 0 Å². The lowest BCUT2D eigenvalue weighted by molar-refractivity contribution is -0.127. The van der Waals surface area contributed by atoms with Crippen molar-refractivity contribution in [3.05, 3.63) is 121 Å². The molecule has 0 unspecified atom stereocenters. The Labute approximate surface area is 220 Å². The van der Waals surface area contributed by atoms with Crippen molar-refractivity contribution in [3.8, 4) is 0 Å². The smallest absolute Gasteiger partial charge is 0.231 e. The number of benzene rings is 4. The predicted octanol–water partition coefficient (Wildman–Crippen LogP) is 5.60. The second kappa shape index (κ2) is 12.4. The molecule has 1 amide bonds. The molecule has 0 radical (unpaired) electrons. The summed E-state index contributed by atoms with van der Waals surface area (Å²) in [6.45, 7) is 2.53. The Morgan fingerprint density at radius 1 is 0.595 bits per heavy atom. The highest BCUT2D eigenvalue weighted by molar-refractivity contribution is 7.79. The van der Waals surface area contributed by atoms with Gasteiger partial charge in [0.2, 0.25) is 5.91 Å². The molecule has 0 aliphatic carbocycles. The van der Waals surface area contributed by atoms with Crippen LogP contribution in [0.5, 0.6) is 0 Å². The first-order valence-electron chi connectivity index (χ1n) is 12.7. The topological polar surface area (TPSA) is 54.5 Å². The van der Waals surface area contributed by atoms with Gasteiger partial charge < -0.3 is 14.0 Å². The van der Waals surface area contributed by atoms with Crippen LogP contribution in [0, 0.1) is 0 Å². The van der Waals surface area contributed by atoms with Gasteiger partial charge in [0.25, 0.3) is 0 Å². The summed E-state index contributed by atoms with van der Waals surface area (Å²) in [5.74, 6) is -0.239. The van der Waals surface area contributed by atoms with E-state index in [1.165, 1.54) is 0 Å². The molecule has 4 rings (SSSR count). The zero-order valence-electron chi connectivity index (χ0n) is 21.1. The molecule has 0 fully saturated rings. The second-order valence-corrected chi connectivity index (χ2v) is 14.8. The Hall–Kier alpha value is -3.19. The van der Waals surface area contributed by atoms with Crippen molar-refractivity contribution < 1.29 is 13.9 Å². The summed E-state index contributed by atoms with van der Waals surface area (Å²) in [6, 6.07) is 37.3. The first-order chi connectivity index (χ1) is 18.0. The largest absolute Gasteiger partial charge is 0.334 e. The summed E-state index contributed by atoms with van der Waals surface area (Å²) in [7, 11) is -6.42. The maximum Gasteiger partial charge on any atom is 0.231 e. The maximum atomic E-state index is 14.7. The van der Waals surface area contributed by atoms with Crippen LogP contribution < -0.4 is 21.2 Å². The van der Waals surface area contributed by atoms with E-state index >= 15 is 0 Å². The van der Waals surface area contributed by atoms with Gasteiger partial charge in [0, 0.05) is 27.8 Å². The highest BCUT2D eigenvalue weighted by atomic mass is 31.2. The van der Waals surface area contributed by atoms with Crippen molar-refractivity contribution in [3.63, 3.8) is 0 Å². The van der Waals surface area contributed by atoms with Crippen LogP contribution in [0.1, 0.15) is 19.8 Å². The van der Waals surface area contributed by atoms with Gasteiger partial charge in [-0.15, -0.1) is 0 Å². The molecule has 0 aliphatic heterocycles. The third-order valence-corrected chi connectivity index (χ3v) is 12.5. The number of unbranched alkanes of at least 4 members (excludes halogenated alkanes) is 1. The Bertz CT molecular complexity index is 1290. The van der Waals surface area contributed by atoms with Gasteiger partial charge in [0.15, 0.2) is 14.3 Å². The van der Waals surface area contributed by atoms with Crippen molar-refractivity contribution in [2.75, 3.05) is 19.0 Å². The average molecular weight is 530 g/mol. The van der Waals surface area contributed by atoms with Crippen molar-refractivity contribution in [1.29, 1.82) is 0 Å². The molecule has 0 spiro atoms. The van der Waals surface area contributed by atoms with Gasteiger partial charge in [0.05, 0.1) is 12.4 Å². The predicted molar refractivity (Wildman–Crippen MR) is 156 cm³/mol. The first-order valence-corrected chi connectivity index (χ1v) is 16.4. The summed E-state index contributed by atoms with van der Waals surface area (Å²) < 4.78 is 29.3. The Kier molecular flexibility index (Phi) is 8.98. The van der Waals surface area contributed by atoms with Crippen LogP contribution in [0.4, 0.5) is 0 Å². The number of amides is 1. The van der Waals surface area contributed by atoms with Crippen LogP contribution in [0.3, 0.4) is 0 Å². The molecular formula is C31H33NO3P2. The van der Waals surface area contributed by atoms with E-state index in [1.807, 2.05) is 121 Å². The molecule has 6 heteroatoms. The Morgan fingerprint density at radius 2 is 0.946 bits per heavy atom. The van der Waals surface area contributed by atoms with Gasteiger partial charge in [-0.3, -0.25) is 4.79 Å². The van der Waals surface area contributed by atoms with E-state index in [2.05, 4.69) is 6.92 Å². The van der Waals surface area contributed by atoms with E-state index in [4.69, 9.17) is 0 Å². The SMILES string of the molecule is CCCCN(CP(=O)(c1ccccc1)c1ccccc1)C(=O)CP(=O)(c1ccccc1)c1ccccc1. The van der Waals surface area contributed by atoms with Crippen LogP contribution in [0.25, 0.3) is 0 Å².